The van der Waals surface area contributed by atoms with Crippen LogP contribution in [0.5, 0.6) is 11.5 Å². The minimum atomic E-state index is 0.00322. The van der Waals surface area contributed by atoms with Crippen molar-refractivity contribution in [3.05, 3.63) is 23.8 Å². The maximum Gasteiger partial charge on any atom is 0.260 e. The van der Waals surface area contributed by atoms with Gasteiger partial charge in [-0.3, -0.25) is 9.59 Å². The van der Waals surface area contributed by atoms with E-state index in [-0.39, 0.29) is 18.4 Å². The number of ether oxygens (including phenoxy) is 2. The first-order valence-electron chi connectivity index (χ1n) is 11.1. The third kappa shape index (κ3) is 5.22. The number of hydrogen-bond donors (Lipinski definition) is 0. The molecule has 3 fully saturated rings. The number of carbonyl (C=O) groups excluding carboxylic acids is 2. The molecule has 0 N–H and O–H groups in total. The molecule has 0 atom stereocenters. The summed E-state index contributed by atoms with van der Waals surface area (Å²) in [6.07, 6.45) is 7.99. The van der Waals surface area contributed by atoms with Crippen molar-refractivity contribution in [2.45, 2.75) is 57.9 Å². The van der Waals surface area contributed by atoms with Gasteiger partial charge >= 0.3 is 0 Å². The molecular weight excluding hydrogens is 368 g/mol. The van der Waals surface area contributed by atoms with E-state index in [0.717, 1.165) is 45.3 Å². The lowest BCUT2D eigenvalue weighted by atomic mass is 10.1. The van der Waals surface area contributed by atoms with Gasteiger partial charge < -0.3 is 19.3 Å². The van der Waals surface area contributed by atoms with Crippen LogP contribution in [0, 0.1) is 5.92 Å². The zero-order valence-electron chi connectivity index (χ0n) is 17.4. The first kappa shape index (κ1) is 20.0. The van der Waals surface area contributed by atoms with E-state index in [0.29, 0.717) is 35.6 Å². The third-order valence-corrected chi connectivity index (χ3v) is 5.95. The van der Waals surface area contributed by atoms with E-state index in [9.17, 15) is 9.59 Å². The molecule has 0 unspecified atom stereocenters. The largest absolute Gasteiger partial charge is 0.490 e. The van der Waals surface area contributed by atoms with E-state index in [1.165, 1.54) is 19.3 Å². The van der Waals surface area contributed by atoms with Crippen molar-refractivity contribution >= 4 is 11.8 Å². The van der Waals surface area contributed by atoms with Gasteiger partial charge in [0.1, 0.15) is 0 Å². The molecule has 4 rings (SSSR count). The molecule has 0 aromatic heterocycles. The Morgan fingerprint density at radius 3 is 2.45 bits per heavy atom. The second-order valence-corrected chi connectivity index (χ2v) is 8.46. The van der Waals surface area contributed by atoms with E-state index in [2.05, 4.69) is 0 Å². The van der Waals surface area contributed by atoms with Crippen molar-refractivity contribution in [3.8, 4) is 11.5 Å². The molecule has 1 heterocycles. The molecule has 2 saturated carbocycles. The number of carbonyl (C=O) groups is 2. The topological polar surface area (TPSA) is 59.1 Å². The summed E-state index contributed by atoms with van der Waals surface area (Å²) in [7, 11) is 0. The molecule has 0 bridgehead atoms. The molecule has 0 spiro atoms. The SMILES string of the molecule is CCOc1cc(C(=O)N(CC2CC2)C2CC2)ccc1OCC(=O)N1CCCCC1. The van der Waals surface area contributed by atoms with E-state index in [1.807, 2.05) is 16.7 Å². The Labute approximate surface area is 173 Å². The van der Waals surface area contributed by atoms with Gasteiger partial charge in [-0.1, -0.05) is 0 Å². The molecule has 6 nitrogen and oxygen atoms in total. The van der Waals surface area contributed by atoms with E-state index in [4.69, 9.17) is 9.47 Å². The van der Waals surface area contributed by atoms with Crippen LogP contribution in [-0.4, -0.2) is 60.5 Å². The number of piperidine rings is 1. The molecular formula is C23H32N2O4. The maximum absolute atomic E-state index is 13.1. The fourth-order valence-corrected chi connectivity index (χ4v) is 3.93. The van der Waals surface area contributed by atoms with Crippen LogP contribution in [0.1, 0.15) is 62.2 Å². The van der Waals surface area contributed by atoms with Gasteiger partial charge in [-0.15, -0.1) is 0 Å². The summed E-state index contributed by atoms with van der Waals surface area (Å²) in [5.74, 6) is 1.82. The van der Waals surface area contributed by atoms with Crippen LogP contribution >= 0.6 is 0 Å². The third-order valence-electron chi connectivity index (χ3n) is 5.95. The minimum Gasteiger partial charge on any atom is -0.490 e. The number of amides is 2. The van der Waals surface area contributed by atoms with Crippen LogP contribution < -0.4 is 9.47 Å². The fraction of sp³-hybridized carbons (Fsp3) is 0.652. The molecule has 29 heavy (non-hydrogen) atoms. The standard InChI is InChI=1S/C23H32N2O4/c1-2-28-21-14-18(23(27)25(19-9-10-19)15-17-6-7-17)8-11-20(21)29-16-22(26)24-12-4-3-5-13-24/h8,11,14,17,19H,2-7,9-10,12-13,15-16H2,1H3. The lowest BCUT2D eigenvalue weighted by Gasteiger charge is -2.26. The van der Waals surface area contributed by atoms with Crippen molar-refractivity contribution in [1.29, 1.82) is 0 Å². The van der Waals surface area contributed by atoms with Crippen LogP contribution in [0.4, 0.5) is 0 Å². The van der Waals surface area contributed by atoms with Crippen molar-refractivity contribution in [1.82, 2.24) is 9.80 Å². The fourth-order valence-electron chi connectivity index (χ4n) is 3.93. The van der Waals surface area contributed by atoms with Gasteiger partial charge in [-0.2, -0.15) is 0 Å². The molecule has 1 saturated heterocycles. The predicted octanol–water partition coefficient (Wildman–Crippen LogP) is 3.49. The van der Waals surface area contributed by atoms with Crippen LogP contribution in [0.25, 0.3) is 0 Å². The Hall–Kier alpha value is -2.24. The van der Waals surface area contributed by atoms with E-state index >= 15 is 0 Å². The molecule has 0 radical (unpaired) electrons. The van der Waals surface area contributed by atoms with Crippen LogP contribution in [0.3, 0.4) is 0 Å². The molecule has 158 valence electrons. The first-order valence-corrected chi connectivity index (χ1v) is 11.1. The summed E-state index contributed by atoms with van der Waals surface area (Å²) in [4.78, 5) is 29.4. The summed E-state index contributed by atoms with van der Waals surface area (Å²) < 4.78 is 11.5. The number of likely N-dealkylation sites (tertiary alicyclic amines) is 1. The lowest BCUT2D eigenvalue weighted by Crippen LogP contribution is -2.38. The van der Waals surface area contributed by atoms with Gasteiger partial charge in [0, 0.05) is 31.2 Å². The molecule has 1 aliphatic heterocycles. The molecule has 6 heteroatoms. The highest BCUT2D eigenvalue weighted by Crippen LogP contribution is 2.36. The van der Waals surface area contributed by atoms with Crippen LogP contribution in [0.2, 0.25) is 0 Å². The number of nitrogens with zero attached hydrogens (tertiary/aromatic N) is 2. The summed E-state index contributed by atoms with van der Waals surface area (Å²) >= 11 is 0. The normalized spacial score (nSPS) is 19.0. The van der Waals surface area contributed by atoms with Gasteiger partial charge in [0.2, 0.25) is 0 Å². The lowest BCUT2D eigenvalue weighted by molar-refractivity contribution is -0.134. The van der Waals surface area contributed by atoms with Crippen LogP contribution in [-0.2, 0) is 4.79 Å². The second-order valence-electron chi connectivity index (χ2n) is 8.46. The Morgan fingerprint density at radius 1 is 1.03 bits per heavy atom. The summed E-state index contributed by atoms with van der Waals surface area (Å²) in [6.45, 7) is 4.88. The van der Waals surface area contributed by atoms with Crippen molar-refractivity contribution in [2.24, 2.45) is 5.92 Å². The van der Waals surface area contributed by atoms with E-state index in [1.54, 1.807) is 18.2 Å². The van der Waals surface area contributed by atoms with Crippen molar-refractivity contribution in [2.75, 3.05) is 32.8 Å². The Bertz CT molecular complexity index is 736. The monoisotopic (exact) mass is 400 g/mol. The average Bonchev–Trinajstić information content (AvgIpc) is 3.65. The van der Waals surface area contributed by atoms with Crippen LogP contribution in [0.15, 0.2) is 18.2 Å². The molecule has 2 aliphatic carbocycles. The van der Waals surface area contributed by atoms with Gasteiger partial charge in [0.15, 0.2) is 18.1 Å². The zero-order chi connectivity index (χ0) is 20.2. The first-order chi connectivity index (χ1) is 14.2. The summed E-state index contributed by atoms with van der Waals surface area (Å²) in [5, 5.41) is 0. The maximum atomic E-state index is 13.1. The van der Waals surface area contributed by atoms with Crippen molar-refractivity contribution in [3.63, 3.8) is 0 Å². The number of benzene rings is 1. The Kier molecular flexibility index (Phi) is 6.26. The highest BCUT2D eigenvalue weighted by molar-refractivity contribution is 5.95. The molecule has 1 aromatic rings. The van der Waals surface area contributed by atoms with Gasteiger partial charge in [-0.05, 0) is 76.0 Å². The quantitative estimate of drug-likeness (QED) is 0.637. The molecule has 3 aliphatic rings. The second kappa shape index (κ2) is 9.06. The highest BCUT2D eigenvalue weighted by Gasteiger charge is 2.37. The molecule has 1 aromatic carbocycles. The summed E-state index contributed by atoms with van der Waals surface area (Å²) in [6, 6.07) is 5.74. The average molecular weight is 401 g/mol. The minimum absolute atomic E-state index is 0.00322. The molecule has 2 amide bonds. The number of rotatable bonds is 9. The van der Waals surface area contributed by atoms with Crippen molar-refractivity contribution < 1.29 is 19.1 Å². The number of hydrogen-bond acceptors (Lipinski definition) is 4. The Balaban J connectivity index is 1.42. The van der Waals surface area contributed by atoms with Gasteiger partial charge in [0.25, 0.3) is 11.8 Å². The smallest absolute Gasteiger partial charge is 0.260 e. The highest BCUT2D eigenvalue weighted by atomic mass is 16.5. The van der Waals surface area contributed by atoms with Gasteiger partial charge in [-0.25, -0.2) is 0 Å². The van der Waals surface area contributed by atoms with Gasteiger partial charge in [0.05, 0.1) is 6.61 Å². The Morgan fingerprint density at radius 2 is 1.79 bits per heavy atom. The van der Waals surface area contributed by atoms with E-state index < -0.39 is 0 Å². The zero-order valence-corrected chi connectivity index (χ0v) is 17.4. The summed E-state index contributed by atoms with van der Waals surface area (Å²) in [5.41, 5.74) is 0.635. The predicted molar refractivity (Wildman–Crippen MR) is 110 cm³/mol.